The molecule has 142 valence electrons. The molecule has 26 heavy (non-hydrogen) atoms. The minimum atomic E-state index is -0.131. The number of halogens is 1. The highest BCUT2D eigenvalue weighted by molar-refractivity contribution is 5.94. The van der Waals surface area contributed by atoms with E-state index in [0.717, 1.165) is 30.5 Å². The van der Waals surface area contributed by atoms with Crippen LogP contribution in [-0.4, -0.2) is 26.2 Å². The summed E-state index contributed by atoms with van der Waals surface area (Å²) in [6, 6.07) is 12.9. The first kappa shape index (κ1) is 21.6. The van der Waals surface area contributed by atoms with Gasteiger partial charge in [-0.05, 0) is 48.7 Å². The Hall–Kier alpha value is -2.40. The number of carbonyl (C=O) groups is 1. The van der Waals surface area contributed by atoms with E-state index >= 15 is 0 Å². The van der Waals surface area contributed by atoms with Gasteiger partial charge in [-0.3, -0.25) is 4.79 Å². The molecule has 0 unspecified atom stereocenters. The second-order valence-electron chi connectivity index (χ2n) is 5.82. The Balaban J connectivity index is 0.00000338. The van der Waals surface area contributed by atoms with Crippen LogP contribution in [0.4, 0.5) is 5.69 Å². The van der Waals surface area contributed by atoms with Crippen LogP contribution >= 0.6 is 12.4 Å². The number of hydrogen-bond donors (Lipinski definition) is 2. The van der Waals surface area contributed by atoms with Crippen LogP contribution < -0.4 is 20.5 Å². The zero-order valence-electron chi connectivity index (χ0n) is 15.3. The molecule has 0 aliphatic heterocycles. The molecule has 0 saturated heterocycles. The van der Waals surface area contributed by atoms with Gasteiger partial charge in [0, 0.05) is 17.8 Å². The smallest absolute Gasteiger partial charge is 0.251 e. The summed E-state index contributed by atoms with van der Waals surface area (Å²) >= 11 is 0. The van der Waals surface area contributed by atoms with E-state index in [-0.39, 0.29) is 18.3 Å². The van der Waals surface area contributed by atoms with E-state index in [1.165, 1.54) is 0 Å². The average molecular weight is 379 g/mol. The SMILES string of the molecule is CCCCOc1ccc(C(=O)NCCc2ccc(N)cc2)cc1OC.Cl. The number of nitrogens with one attached hydrogen (secondary N) is 1. The van der Waals surface area contributed by atoms with Crippen LogP contribution in [0.2, 0.25) is 0 Å². The van der Waals surface area contributed by atoms with Crippen molar-refractivity contribution in [2.24, 2.45) is 0 Å². The van der Waals surface area contributed by atoms with E-state index in [9.17, 15) is 4.79 Å². The molecule has 0 spiro atoms. The number of ether oxygens (including phenoxy) is 2. The standard InChI is InChI=1S/C20H26N2O3.ClH/c1-3-4-13-25-18-10-7-16(14-19(18)24-2)20(23)22-12-11-15-5-8-17(21)9-6-15;/h5-10,14H,3-4,11-13,21H2,1-2H3,(H,22,23);1H. The van der Waals surface area contributed by atoms with Gasteiger partial charge in [0.15, 0.2) is 11.5 Å². The third-order valence-electron chi connectivity index (χ3n) is 3.86. The molecular formula is C20H27ClN2O3. The number of rotatable bonds is 9. The Morgan fingerprint density at radius 2 is 1.85 bits per heavy atom. The van der Waals surface area contributed by atoms with Crippen molar-refractivity contribution in [3.63, 3.8) is 0 Å². The van der Waals surface area contributed by atoms with Crippen LogP contribution in [0, 0.1) is 0 Å². The summed E-state index contributed by atoms with van der Waals surface area (Å²) in [5.74, 6) is 1.10. The number of methoxy groups -OCH3 is 1. The monoisotopic (exact) mass is 378 g/mol. The lowest BCUT2D eigenvalue weighted by Crippen LogP contribution is -2.25. The highest BCUT2D eigenvalue weighted by Crippen LogP contribution is 2.28. The first-order valence-electron chi connectivity index (χ1n) is 8.57. The molecule has 0 heterocycles. The van der Waals surface area contributed by atoms with Crippen molar-refractivity contribution in [2.75, 3.05) is 26.0 Å². The van der Waals surface area contributed by atoms with Crippen LogP contribution in [0.25, 0.3) is 0 Å². The van der Waals surface area contributed by atoms with Gasteiger partial charge in [0.2, 0.25) is 0 Å². The summed E-state index contributed by atoms with van der Waals surface area (Å²) in [5, 5.41) is 2.92. The molecular weight excluding hydrogens is 352 g/mol. The van der Waals surface area contributed by atoms with Gasteiger partial charge in [-0.25, -0.2) is 0 Å². The average Bonchev–Trinajstić information content (AvgIpc) is 2.63. The molecule has 0 atom stereocenters. The van der Waals surface area contributed by atoms with Crippen molar-refractivity contribution in [1.82, 2.24) is 5.32 Å². The maximum Gasteiger partial charge on any atom is 0.251 e. The first-order valence-corrected chi connectivity index (χ1v) is 8.57. The predicted molar refractivity (Wildman–Crippen MR) is 108 cm³/mol. The second kappa shape index (κ2) is 11.3. The van der Waals surface area contributed by atoms with Crippen molar-refractivity contribution in [2.45, 2.75) is 26.2 Å². The van der Waals surface area contributed by atoms with Crippen molar-refractivity contribution in [3.05, 3.63) is 53.6 Å². The third-order valence-corrected chi connectivity index (χ3v) is 3.86. The molecule has 0 aromatic heterocycles. The highest BCUT2D eigenvalue weighted by Gasteiger charge is 2.11. The third kappa shape index (κ3) is 6.48. The van der Waals surface area contributed by atoms with Crippen LogP contribution in [0.1, 0.15) is 35.7 Å². The number of unbranched alkanes of at least 4 members (excludes halogenated alkanes) is 1. The molecule has 0 aliphatic carbocycles. The lowest BCUT2D eigenvalue weighted by molar-refractivity contribution is 0.0953. The molecule has 0 bridgehead atoms. The molecule has 2 aromatic rings. The number of nitrogen functional groups attached to an aromatic ring is 1. The minimum absolute atomic E-state index is 0. The first-order chi connectivity index (χ1) is 12.1. The second-order valence-corrected chi connectivity index (χ2v) is 5.82. The van der Waals surface area contributed by atoms with E-state index in [4.69, 9.17) is 15.2 Å². The topological polar surface area (TPSA) is 73.6 Å². The number of hydrogen-bond acceptors (Lipinski definition) is 4. The van der Waals surface area contributed by atoms with Gasteiger partial charge >= 0.3 is 0 Å². The largest absolute Gasteiger partial charge is 0.493 e. The number of anilines is 1. The Bertz CT molecular complexity index is 690. The molecule has 0 saturated carbocycles. The Labute approximate surface area is 161 Å². The lowest BCUT2D eigenvalue weighted by Gasteiger charge is -2.12. The van der Waals surface area contributed by atoms with Crippen molar-refractivity contribution < 1.29 is 14.3 Å². The van der Waals surface area contributed by atoms with Gasteiger partial charge in [-0.2, -0.15) is 0 Å². The van der Waals surface area contributed by atoms with Crippen LogP contribution in [0.3, 0.4) is 0 Å². The fourth-order valence-electron chi connectivity index (χ4n) is 2.36. The van der Waals surface area contributed by atoms with E-state index in [1.807, 2.05) is 24.3 Å². The Morgan fingerprint density at radius 3 is 2.50 bits per heavy atom. The molecule has 0 radical (unpaired) electrons. The summed E-state index contributed by atoms with van der Waals surface area (Å²) in [4.78, 5) is 12.3. The van der Waals surface area contributed by atoms with E-state index in [0.29, 0.717) is 30.2 Å². The molecule has 1 amide bonds. The molecule has 0 fully saturated rings. The molecule has 6 heteroatoms. The van der Waals surface area contributed by atoms with Gasteiger partial charge in [-0.15, -0.1) is 12.4 Å². The van der Waals surface area contributed by atoms with Crippen molar-refractivity contribution in [3.8, 4) is 11.5 Å². The Kier molecular flexibility index (Phi) is 9.37. The zero-order chi connectivity index (χ0) is 18.1. The van der Waals surface area contributed by atoms with E-state index < -0.39 is 0 Å². The maximum atomic E-state index is 12.3. The zero-order valence-corrected chi connectivity index (χ0v) is 16.1. The number of benzene rings is 2. The fourth-order valence-corrected chi connectivity index (χ4v) is 2.36. The summed E-state index contributed by atoms with van der Waals surface area (Å²) < 4.78 is 11.0. The van der Waals surface area contributed by atoms with E-state index in [1.54, 1.807) is 25.3 Å². The molecule has 3 N–H and O–H groups in total. The number of amides is 1. The van der Waals surface area contributed by atoms with Gasteiger partial charge < -0.3 is 20.5 Å². The van der Waals surface area contributed by atoms with Crippen LogP contribution in [-0.2, 0) is 6.42 Å². The molecule has 2 rings (SSSR count). The minimum Gasteiger partial charge on any atom is -0.493 e. The summed E-state index contributed by atoms with van der Waals surface area (Å²) in [7, 11) is 1.57. The number of carbonyl (C=O) groups excluding carboxylic acids is 1. The summed E-state index contributed by atoms with van der Waals surface area (Å²) in [6.45, 7) is 3.30. The van der Waals surface area contributed by atoms with Gasteiger partial charge in [-0.1, -0.05) is 25.5 Å². The van der Waals surface area contributed by atoms with Crippen LogP contribution in [0.5, 0.6) is 11.5 Å². The Morgan fingerprint density at radius 1 is 1.12 bits per heavy atom. The van der Waals surface area contributed by atoms with Gasteiger partial charge in [0.05, 0.1) is 13.7 Å². The fraction of sp³-hybridized carbons (Fsp3) is 0.350. The van der Waals surface area contributed by atoms with Gasteiger partial charge in [0.25, 0.3) is 5.91 Å². The number of nitrogens with two attached hydrogens (primary N) is 1. The normalized spacial score (nSPS) is 9.92. The van der Waals surface area contributed by atoms with Gasteiger partial charge in [0.1, 0.15) is 0 Å². The molecule has 0 aliphatic rings. The van der Waals surface area contributed by atoms with Crippen molar-refractivity contribution >= 4 is 24.0 Å². The lowest BCUT2D eigenvalue weighted by atomic mass is 10.1. The van der Waals surface area contributed by atoms with Crippen LogP contribution in [0.15, 0.2) is 42.5 Å². The quantitative estimate of drug-likeness (QED) is 0.513. The maximum absolute atomic E-state index is 12.3. The summed E-state index contributed by atoms with van der Waals surface area (Å²) in [5.41, 5.74) is 8.09. The molecule has 2 aromatic carbocycles. The van der Waals surface area contributed by atoms with Crippen molar-refractivity contribution in [1.29, 1.82) is 0 Å². The predicted octanol–water partition coefficient (Wildman–Crippen LogP) is 3.85. The summed E-state index contributed by atoms with van der Waals surface area (Å²) in [6.07, 6.45) is 2.80. The molecule has 5 nitrogen and oxygen atoms in total. The highest BCUT2D eigenvalue weighted by atomic mass is 35.5. The van der Waals surface area contributed by atoms with E-state index in [2.05, 4.69) is 12.2 Å².